The third-order valence-corrected chi connectivity index (χ3v) is 3.81. The smallest absolute Gasteiger partial charge is 0.257 e. The third-order valence-electron chi connectivity index (χ3n) is 3.53. The predicted octanol–water partition coefficient (Wildman–Crippen LogP) is 4.36. The molecule has 3 aromatic rings. The van der Waals surface area contributed by atoms with E-state index in [1.54, 1.807) is 0 Å². The van der Waals surface area contributed by atoms with Crippen LogP contribution in [0, 0.1) is 17.5 Å². The van der Waals surface area contributed by atoms with Gasteiger partial charge in [-0.05, 0) is 12.1 Å². The predicted molar refractivity (Wildman–Crippen MR) is 92.2 cm³/mol. The average molecular weight is 419 g/mol. The van der Waals surface area contributed by atoms with Crippen molar-refractivity contribution >= 4 is 29.1 Å². The number of rotatable bonds is 7. The summed E-state index contributed by atoms with van der Waals surface area (Å²) in [6.07, 6.45) is 1.29. The molecule has 0 spiro atoms. The topological polar surface area (TPSA) is 67.7 Å². The zero-order chi connectivity index (χ0) is 20.3. The van der Waals surface area contributed by atoms with Crippen molar-refractivity contribution in [2.45, 2.75) is 19.5 Å². The van der Waals surface area contributed by atoms with Gasteiger partial charge in [-0.3, -0.25) is 4.68 Å². The van der Waals surface area contributed by atoms with Crippen LogP contribution in [-0.4, -0.2) is 26.2 Å². The molecular formula is C16H12ClF5N6. The molecule has 2 heterocycles. The third kappa shape index (κ3) is 4.66. The molecule has 0 saturated heterocycles. The zero-order valence-electron chi connectivity index (χ0n) is 13.9. The summed E-state index contributed by atoms with van der Waals surface area (Å²) in [5.74, 6) is -3.37. The van der Waals surface area contributed by atoms with Crippen LogP contribution in [0.3, 0.4) is 0 Å². The van der Waals surface area contributed by atoms with E-state index in [9.17, 15) is 22.0 Å². The van der Waals surface area contributed by atoms with Crippen LogP contribution in [0.15, 0.2) is 30.7 Å². The summed E-state index contributed by atoms with van der Waals surface area (Å²) in [6.45, 7) is -0.987. The van der Waals surface area contributed by atoms with Gasteiger partial charge >= 0.3 is 0 Å². The summed E-state index contributed by atoms with van der Waals surface area (Å²) in [5.41, 5.74) is -0.173. The molecular weight excluding hydrogens is 407 g/mol. The fraction of sp³-hybridized carbons (Fsp3) is 0.188. The van der Waals surface area contributed by atoms with Crippen LogP contribution < -0.4 is 10.6 Å². The Hall–Kier alpha value is -2.95. The maximum Gasteiger partial charge on any atom is 0.257 e. The fourth-order valence-corrected chi connectivity index (χ4v) is 2.41. The second-order valence-electron chi connectivity index (χ2n) is 5.53. The summed E-state index contributed by atoms with van der Waals surface area (Å²) in [5, 5.41) is 9.15. The Morgan fingerprint density at radius 1 is 1.11 bits per heavy atom. The molecule has 2 N–H and O–H groups in total. The number of anilines is 3. The largest absolute Gasteiger partial charge is 0.364 e. The van der Waals surface area contributed by atoms with E-state index < -0.39 is 42.5 Å². The van der Waals surface area contributed by atoms with E-state index in [0.717, 1.165) is 10.7 Å². The summed E-state index contributed by atoms with van der Waals surface area (Å²) in [7, 11) is 0. The van der Waals surface area contributed by atoms with E-state index in [1.807, 2.05) is 0 Å². The molecule has 0 unspecified atom stereocenters. The maximum absolute atomic E-state index is 13.7. The lowest BCUT2D eigenvalue weighted by molar-refractivity contribution is 0.122. The van der Waals surface area contributed by atoms with Gasteiger partial charge in [0.1, 0.15) is 17.4 Å². The molecule has 0 saturated carbocycles. The zero-order valence-corrected chi connectivity index (χ0v) is 14.7. The highest BCUT2D eigenvalue weighted by molar-refractivity contribution is 6.32. The number of halogens is 6. The summed E-state index contributed by atoms with van der Waals surface area (Å²) in [6, 6.07) is 1.49. The van der Waals surface area contributed by atoms with Crippen LogP contribution >= 0.6 is 11.6 Å². The van der Waals surface area contributed by atoms with Gasteiger partial charge in [-0.25, -0.2) is 26.9 Å². The van der Waals surface area contributed by atoms with Gasteiger partial charge in [0, 0.05) is 18.3 Å². The lowest BCUT2D eigenvalue weighted by Gasteiger charge is -2.11. The molecule has 3 rings (SSSR count). The van der Waals surface area contributed by atoms with Crippen LogP contribution in [0.2, 0.25) is 5.02 Å². The minimum Gasteiger partial charge on any atom is -0.364 e. The number of aromatic nitrogens is 4. The normalized spacial score (nSPS) is 11.1. The molecule has 0 atom stereocenters. The average Bonchev–Trinajstić information content (AvgIpc) is 3.07. The van der Waals surface area contributed by atoms with Crippen molar-refractivity contribution < 1.29 is 22.0 Å². The Labute approximate surface area is 160 Å². The molecule has 6 nitrogen and oxygen atoms in total. The van der Waals surface area contributed by atoms with E-state index in [1.165, 1.54) is 18.6 Å². The first-order chi connectivity index (χ1) is 13.3. The van der Waals surface area contributed by atoms with Crippen molar-refractivity contribution in [2.24, 2.45) is 0 Å². The highest BCUT2D eigenvalue weighted by atomic mass is 35.5. The lowest BCUT2D eigenvalue weighted by atomic mass is 10.2. The van der Waals surface area contributed by atoms with E-state index in [2.05, 4.69) is 25.7 Å². The van der Waals surface area contributed by atoms with Gasteiger partial charge in [-0.1, -0.05) is 11.6 Å². The standard InChI is InChI=1S/C16H12ClF5N6/c17-10-5-24-16(26-8-3-25-28(6-8)7-13(20)21)27-15(10)23-4-9-11(18)1-2-12(19)14(9)22/h1-3,5-6,13H,4,7H2,(H2,23,24,26,27). The summed E-state index contributed by atoms with van der Waals surface area (Å²) < 4.78 is 66.4. The molecule has 0 aliphatic carbocycles. The van der Waals surface area contributed by atoms with Crippen molar-refractivity contribution in [3.8, 4) is 0 Å². The Balaban J connectivity index is 1.73. The van der Waals surface area contributed by atoms with Crippen molar-refractivity contribution in [3.05, 3.63) is 58.8 Å². The number of hydrogen-bond donors (Lipinski definition) is 2. The number of hydrogen-bond acceptors (Lipinski definition) is 5. The Morgan fingerprint density at radius 2 is 1.86 bits per heavy atom. The summed E-state index contributed by atoms with van der Waals surface area (Å²) in [4.78, 5) is 7.97. The monoisotopic (exact) mass is 418 g/mol. The summed E-state index contributed by atoms with van der Waals surface area (Å²) >= 11 is 5.96. The highest BCUT2D eigenvalue weighted by Crippen LogP contribution is 2.23. The second kappa shape index (κ2) is 8.38. The van der Waals surface area contributed by atoms with E-state index in [4.69, 9.17) is 11.6 Å². The number of nitrogens with one attached hydrogen (secondary N) is 2. The molecule has 12 heteroatoms. The van der Waals surface area contributed by atoms with Crippen LogP contribution in [0.5, 0.6) is 0 Å². The van der Waals surface area contributed by atoms with Crippen molar-refractivity contribution in [3.63, 3.8) is 0 Å². The number of alkyl halides is 2. The first-order valence-electron chi connectivity index (χ1n) is 7.80. The second-order valence-corrected chi connectivity index (χ2v) is 5.94. The van der Waals surface area contributed by atoms with Gasteiger partial charge < -0.3 is 10.6 Å². The molecule has 0 radical (unpaired) electrons. The van der Waals surface area contributed by atoms with Crippen LogP contribution in [-0.2, 0) is 13.1 Å². The van der Waals surface area contributed by atoms with Crippen molar-refractivity contribution in [2.75, 3.05) is 10.6 Å². The van der Waals surface area contributed by atoms with Crippen LogP contribution in [0.1, 0.15) is 5.56 Å². The van der Waals surface area contributed by atoms with E-state index in [-0.39, 0.29) is 16.8 Å². The Bertz CT molecular complexity index is 980. The molecule has 0 aliphatic heterocycles. The molecule has 0 bridgehead atoms. The minimum absolute atomic E-state index is 0.0298. The number of benzene rings is 1. The molecule has 148 valence electrons. The molecule has 2 aromatic heterocycles. The first-order valence-corrected chi connectivity index (χ1v) is 8.17. The quantitative estimate of drug-likeness (QED) is 0.440. The van der Waals surface area contributed by atoms with E-state index >= 15 is 0 Å². The number of nitrogens with zero attached hydrogens (tertiary/aromatic N) is 4. The first kappa shape index (κ1) is 19.8. The van der Waals surface area contributed by atoms with Gasteiger partial charge in [-0.15, -0.1) is 0 Å². The van der Waals surface area contributed by atoms with Gasteiger partial charge in [0.2, 0.25) is 5.95 Å². The van der Waals surface area contributed by atoms with Crippen LogP contribution in [0.4, 0.5) is 39.4 Å². The van der Waals surface area contributed by atoms with Crippen LogP contribution in [0.25, 0.3) is 0 Å². The van der Waals surface area contributed by atoms with Gasteiger partial charge in [0.25, 0.3) is 6.43 Å². The van der Waals surface area contributed by atoms with Crippen molar-refractivity contribution in [1.29, 1.82) is 0 Å². The van der Waals surface area contributed by atoms with Crippen molar-refractivity contribution in [1.82, 2.24) is 19.7 Å². The minimum atomic E-state index is -2.56. The van der Waals surface area contributed by atoms with E-state index in [0.29, 0.717) is 11.8 Å². The molecule has 28 heavy (non-hydrogen) atoms. The molecule has 1 aromatic carbocycles. The van der Waals surface area contributed by atoms with Gasteiger partial charge in [0.15, 0.2) is 17.5 Å². The molecule has 0 aliphatic rings. The van der Waals surface area contributed by atoms with Gasteiger partial charge in [-0.2, -0.15) is 10.1 Å². The Morgan fingerprint density at radius 3 is 2.61 bits per heavy atom. The SMILES string of the molecule is Fc1ccc(F)c(CNc2nc(Nc3cnn(CC(F)F)c3)ncc2Cl)c1F. The molecule has 0 amide bonds. The fourth-order valence-electron chi connectivity index (χ4n) is 2.25. The van der Waals surface area contributed by atoms with Gasteiger partial charge in [0.05, 0.1) is 18.1 Å². The molecule has 0 fully saturated rings. The highest BCUT2D eigenvalue weighted by Gasteiger charge is 2.15. The maximum atomic E-state index is 13.7. The lowest BCUT2D eigenvalue weighted by Crippen LogP contribution is -2.09. The Kier molecular flexibility index (Phi) is 5.93.